The van der Waals surface area contributed by atoms with Crippen LogP contribution in [0.2, 0.25) is 0 Å². The van der Waals surface area contributed by atoms with Gasteiger partial charge in [0.1, 0.15) is 5.82 Å². The van der Waals surface area contributed by atoms with Gasteiger partial charge in [0, 0.05) is 11.5 Å². The summed E-state index contributed by atoms with van der Waals surface area (Å²) in [7, 11) is 0. The summed E-state index contributed by atoms with van der Waals surface area (Å²) >= 11 is 0. The van der Waals surface area contributed by atoms with E-state index in [0.29, 0.717) is 5.92 Å². The highest BCUT2D eigenvalue weighted by atomic mass is 19.1. The first-order chi connectivity index (χ1) is 12.7. The van der Waals surface area contributed by atoms with Gasteiger partial charge >= 0.3 is 0 Å². The molecule has 0 spiro atoms. The van der Waals surface area contributed by atoms with Crippen LogP contribution in [-0.4, -0.2) is 0 Å². The zero-order chi connectivity index (χ0) is 18.4. The van der Waals surface area contributed by atoms with Gasteiger partial charge in [-0.1, -0.05) is 57.4 Å². The van der Waals surface area contributed by atoms with Crippen molar-refractivity contribution in [3.05, 3.63) is 35.1 Å². The minimum atomic E-state index is -0.0926. The van der Waals surface area contributed by atoms with E-state index in [1.807, 2.05) is 12.1 Å². The third-order valence-corrected chi connectivity index (χ3v) is 6.90. The molecule has 2 aliphatic rings. The lowest BCUT2D eigenvalue weighted by molar-refractivity contribution is 0.156. The van der Waals surface area contributed by atoms with Crippen molar-refractivity contribution >= 4 is 0 Å². The lowest BCUT2D eigenvalue weighted by Crippen LogP contribution is -2.25. The van der Waals surface area contributed by atoms with E-state index >= 15 is 0 Å². The van der Waals surface area contributed by atoms with E-state index < -0.39 is 0 Å². The first-order valence-corrected chi connectivity index (χ1v) is 11.0. The molecule has 1 aromatic rings. The molecule has 142 valence electrons. The molecule has 0 heterocycles. The predicted molar refractivity (Wildman–Crippen MR) is 108 cm³/mol. The number of rotatable bonds is 4. The third-order valence-electron chi connectivity index (χ3n) is 6.90. The van der Waals surface area contributed by atoms with Gasteiger partial charge < -0.3 is 0 Å². The second-order valence-corrected chi connectivity index (χ2v) is 8.63. The highest BCUT2D eigenvalue weighted by Gasteiger charge is 2.29. The van der Waals surface area contributed by atoms with Crippen LogP contribution in [0.5, 0.6) is 0 Å². The zero-order valence-electron chi connectivity index (χ0n) is 16.7. The molecule has 0 radical (unpaired) electrons. The molecule has 2 fully saturated rings. The van der Waals surface area contributed by atoms with Crippen LogP contribution in [0.15, 0.2) is 18.2 Å². The lowest BCUT2D eigenvalue weighted by Gasteiger charge is -2.36. The molecular formula is C25H35F. The molecule has 0 saturated heterocycles. The van der Waals surface area contributed by atoms with Crippen molar-refractivity contribution in [2.45, 2.75) is 84.5 Å². The Hall–Kier alpha value is -1.29. The van der Waals surface area contributed by atoms with E-state index in [1.165, 1.54) is 57.8 Å². The van der Waals surface area contributed by atoms with Crippen LogP contribution in [0, 0.1) is 41.3 Å². The molecule has 3 rings (SSSR count). The van der Waals surface area contributed by atoms with Gasteiger partial charge in [-0.15, -0.1) is 0 Å². The summed E-state index contributed by atoms with van der Waals surface area (Å²) in [5.74, 6) is 10.0. The zero-order valence-corrected chi connectivity index (χ0v) is 16.7. The molecule has 0 N–H and O–H groups in total. The Labute approximate surface area is 160 Å². The Kier molecular flexibility index (Phi) is 7.18. The maximum absolute atomic E-state index is 14.0. The second kappa shape index (κ2) is 9.59. The van der Waals surface area contributed by atoms with Gasteiger partial charge in [-0.25, -0.2) is 4.39 Å². The summed E-state index contributed by atoms with van der Waals surface area (Å²) < 4.78 is 14.0. The average molecular weight is 355 g/mol. The highest BCUT2D eigenvalue weighted by Crippen LogP contribution is 2.41. The number of aryl methyl sites for hydroxylation is 1. The standard InChI is InChI=1S/C25H35F/c1-3-5-24-17-12-21(18-25(24)26)7-6-20-10-15-23(16-11-20)22-13-8-19(4-2)9-14-22/h12,17-20,22-23H,3-5,8-11,13-16H2,1-2H3/t19-,20-,22-,23-. The van der Waals surface area contributed by atoms with Crippen LogP contribution in [0.1, 0.15) is 89.2 Å². The number of halogens is 1. The summed E-state index contributed by atoms with van der Waals surface area (Å²) in [5.41, 5.74) is 1.65. The summed E-state index contributed by atoms with van der Waals surface area (Å²) in [6, 6.07) is 5.51. The second-order valence-electron chi connectivity index (χ2n) is 8.63. The number of hydrogen-bond acceptors (Lipinski definition) is 0. The largest absolute Gasteiger partial charge is 0.207 e. The van der Waals surface area contributed by atoms with Crippen LogP contribution in [-0.2, 0) is 6.42 Å². The highest BCUT2D eigenvalue weighted by molar-refractivity contribution is 5.37. The number of benzene rings is 1. The fourth-order valence-corrected chi connectivity index (χ4v) is 5.09. The van der Waals surface area contributed by atoms with E-state index in [2.05, 4.69) is 25.7 Å². The van der Waals surface area contributed by atoms with E-state index in [4.69, 9.17) is 0 Å². The third kappa shape index (κ3) is 5.12. The quantitative estimate of drug-likeness (QED) is 0.503. The van der Waals surface area contributed by atoms with Crippen molar-refractivity contribution in [2.75, 3.05) is 0 Å². The SMILES string of the molecule is CCCc1ccc(C#C[C@H]2CC[C@H]([C@H]3CC[C@H](CC)CC3)CC2)cc1F. The molecule has 0 unspecified atom stereocenters. The van der Waals surface area contributed by atoms with Crippen molar-refractivity contribution < 1.29 is 4.39 Å². The van der Waals surface area contributed by atoms with Crippen molar-refractivity contribution in [1.82, 2.24) is 0 Å². The van der Waals surface area contributed by atoms with Gasteiger partial charge in [-0.05, 0) is 80.4 Å². The van der Waals surface area contributed by atoms with Crippen molar-refractivity contribution in [3.63, 3.8) is 0 Å². The Bertz CT molecular complexity index is 619. The molecule has 0 bridgehead atoms. The van der Waals surface area contributed by atoms with Crippen LogP contribution < -0.4 is 0 Å². The monoisotopic (exact) mass is 354 g/mol. The lowest BCUT2D eigenvalue weighted by atomic mass is 9.69. The van der Waals surface area contributed by atoms with Gasteiger partial charge in [0.25, 0.3) is 0 Å². The minimum Gasteiger partial charge on any atom is -0.207 e. The molecule has 0 nitrogen and oxygen atoms in total. The molecule has 1 aromatic carbocycles. The van der Waals surface area contributed by atoms with Crippen LogP contribution in [0.25, 0.3) is 0 Å². The Morgan fingerprint density at radius 2 is 1.58 bits per heavy atom. The van der Waals surface area contributed by atoms with Gasteiger partial charge in [-0.2, -0.15) is 0 Å². The Morgan fingerprint density at radius 1 is 0.923 bits per heavy atom. The molecule has 0 aromatic heterocycles. The van der Waals surface area contributed by atoms with Crippen LogP contribution in [0.4, 0.5) is 4.39 Å². The fourth-order valence-electron chi connectivity index (χ4n) is 5.09. The van der Waals surface area contributed by atoms with E-state index in [9.17, 15) is 4.39 Å². The van der Waals surface area contributed by atoms with Gasteiger partial charge in [0.2, 0.25) is 0 Å². The molecule has 0 amide bonds. The average Bonchev–Trinajstić information content (AvgIpc) is 2.69. The molecule has 2 saturated carbocycles. The normalized spacial score (nSPS) is 29.0. The van der Waals surface area contributed by atoms with Crippen LogP contribution in [0.3, 0.4) is 0 Å². The first kappa shape index (κ1) is 19.5. The molecule has 0 atom stereocenters. The summed E-state index contributed by atoms with van der Waals surface area (Å²) in [6.45, 7) is 4.43. The van der Waals surface area contributed by atoms with E-state index in [-0.39, 0.29) is 5.82 Å². The molecule has 0 aliphatic heterocycles. The van der Waals surface area contributed by atoms with E-state index in [0.717, 1.165) is 41.7 Å². The van der Waals surface area contributed by atoms with Crippen molar-refractivity contribution in [2.24, 2.45) is 23.7 Å². The maximum atomic E-state index is 14.0. The molecule has 1 heteroatoms. The minimum absolute atomic E-state index is 0.0926. The van der Waals surface area contributed by atoms with E-state index in [1.54, 1.807) is 6.07 Å². The predicted octanol–water partition coefficient (Wildman–Crippen LogP) is 7.15. The molecule has 2 aliphatic carbocycles. The summed E-state index contributed by atoms with van der Waals surface area (Å²) in [4.78, 5) is 0. The van der Waals surface area contributed by atoms with Crippen molar-refractivity contribution in [3.8, 4) is 11.8 Å². The number of hydrogen-bond donors (Lipinski definition) is 0. The van der Waals surface area contributed by atoms with Gasteiger partial charge in [0.15, 0.2) is 0 Å². The Morgan fingerprint density at radius 3 is 2.15 bits per heavy atom. The first-order valence-electron chi connectivity index (χ1n) is 11.0. The smallest absolute Gasteiger partial charge is 0.127 e. The topological polar surface area (TPSA) is 0 Å². The van der Waals surface area contributed by atoms with Gasteiger partial charge in [0.05, 0.1) is 0 Å². The fraction of sp³-hybridized carbons (Fsp3) is 0.680. The van der Waals surface area contributed by atoms with Gasteiger partial charge in [-0.3, -0.25) is 0 Å². The maximum Gasteiger partial charge on any atom is 0.127 e. The van der Waals surface area contributed by atoms with Crippen LogP contribution >= 0.6 is 0 Å². The summed E-state index contributed by atoms with van der Waals surface area (Å²) in [6.07, 6.45) is 14.2. The molecule has 26 heavy (non-hydrogen) atoms. The summed E-state index contributed by atoms with van der Waals surface area (Å²) in [5, 5.41) is 0. The van der Waals surface area contributed by atoms with Crippen molar-refractivity contribution in [1.29, 1.82) is 0 Å². The molecular weight excluding hydrogens is 319 g/mol. The Balaban J connectivity index is 1.49.